The molecule has 1 rings (SSSR count). The lowest BCUT2D eigenvalue weighted by Gasteiger charge is -2.13. The lowest BCUT2D eigenvalue weighted by Crippen LogP contribution is -2.06. The van der Waals surface area contributed by atoms with E-state index in [9.17, 15) is 0 Å². The van der Waals surface area contributed by atoms with E-state index in [0.717, 1.165) is 5.69 Å². The predicted molar refractivity (Wildman–Crippen MR) is 63.8 cm³/mol. The lowest BCUT2D eigenvalue weighted by molar-refractivity contribution is 0.617. The first-order valence-electron chi connectivity index (χ1n) is 5.29. The molecule has 1 aromatic heterocycles. The summed E-state index contributed by atoms with van der Waals surface area (Å²) in [4.78, 5) is 0. The summed E-state index contributed by atoms with van der Waals surface area (Å²) in [6, 6.07) is 2.14. The van der Waals surface area contributed by atoms with E-state index in [0.29, 0.717) is 5.37 Å². The van der Waals surface area contributed by atoms with Crippen LogP contribution in [0.4, 0.5) is 0 Å². The number of hydrogen-bond acceptors (Lipinski definition) is 2. The largest absolute Gasteiger partial charge is 0.257 e. The SMILES string of the molecule is CCCCSC(C)n1nc(C)cc1C. The van der Waals surface area contributed by atoms with Gasteiger partial charge in [-0.3, -0.25) is 4.68 Å². The second-order valence-corrected chi connectivity index (χ2v) is 5.12. The van der Waals surface area contributed by atoms with Crippen molar-refractivity contribution in [3.63, 3.8) is 0 Å². The van der Waals surface area contributed by atoms with Crippen molar-refractivity contribution in [1.82, 2.24) is 9.78 Å². The molecule has 0 spiro atoms. The van der Waals surface area contributed by atoms with Gasteiger partial charge in [0.25, 0.3) is 0 Å². The van der Waals surface area contributed by atoms with Gasteiger partial charge < -0.3 is 0 Å². The third-order valence-electron chi connectivity index (χ3n) is 2.25. The van der Waals surface area contributed by atoms with Crippen molar-refractivity contribution in [3.8, 4) is 0 Å². The Kier molecular flexibility index (Phi) is 4.52. The second-order valence-electron chi connectivity index (χ2n) is 3.70. The average Bonchev–Trinajstić information content (AvgIpc) is 2.45. The van der Waals surface area contributed by atoms with Crippen LogP contribution < -0.4 is 0 Å². The zero-order chi connectivity index (χ0) is 10.6. The van der Waals surface area contributed by atoms with Crippen LogP contribution in [0.1, 0.15) is 43.5 Å². The van der Waals surface area contributed by atoms with Gasteiger partial charge in [0, 0.05) is 5.69 Å². The van der Waals surface area contributed by atoms with Crippen LogP contribution in [-0.4, -0.2) is 15.5 Å². The lowest BCUT2D eigenvalue weighted by atomic mass is 10.4. The molecule has 3 heteroatoms. The highest BCUT2D eigenvalue weighted by molar-refractivity contribution is 7.99. The molecule has 0 bridgehead atoms. The minimum atomic E-state index is 0.468. The Hall–Kier alpha value is -0.440. The number of unbranched alkanes of at least 4 members (excludes halogenated alkanes) is 1. The maximum Gasteiger partial charge on any atom is 0.0945 e. The zero-order valence-corrected chi connectivity index (χ0v) is 10.4. The summed E-state index contributed by atoms with van der Waals surface area (Å²) in [7, 11) is 0. The first kappa shape index (κ1) is 11.6. The summed E-state index contributed by atoms with van der Waals surface area (Å²) >= 11 is 1.98. The van der Waals surface area contributed by atoms with Crippen LogP contribution in [0.25, 0.3) is 0 Å². The highest BCUT2D eigenvalue weighted by Gasteiger charge is 2.08. The number of rotatable bonds is 5. The molecule has 0 aliphatic heterocycles. The summed E-state index contributed by atoms with van der Waals surface area (Å²) < 4.78 is 2.12. The number of thioether (sulfide) groups is 1. The van der Waals surface area contributed by atoms with Gasteiger partial charge in [-0.1, -0.05) is 13.3 Å². The fourth-order valence-electron chi connectivity index (χ4n) is 1.48. The molecule has 14 heavy (non-hydrogen) atoms. The van der Waals surface area contributed by atoms with E-state index >= 15 is 0 Å². The molecule has 1 atom stereocenters. The van der Waals surface area contributed by atoms with Crippen molar-refractivity contribution in [3.05, 3.63) is 17.5 Å². The van der Waals surface area contributed by atoms with Crippen molar-refractivity contribution >= 4 is 11.8 Å². The van der Waals surface area contributed by atoms with E-state index in [4.69, 9.17) is 0 Å². The molecule has 1 unspecified atom stereocenters. The number of hydrogen-bond donors (Lipinski definition) is 0. The molecule has 0 aliphatic rings. The van der Waals surface area contributed by atoms with Gasteiger partial charge in [-0.15, -0.1) is 11.8 Å². The van der Waals surface area contributed by atoms with E-state index in [1.165, 1.54) is 24.3 Å². The summed E-state index contributed by atoms with van der Waals surface area (Å²) in [6.07, 6.45) is 2.57. The summed E-state index contributed by atoms with van der Waals surface area (Å²) in [5, 5.41) is 4.95. The van der Waals surface area contributed by atoms with Crippen LogP contribution in [0.15, 0.2) is 6.07 Å². The normalized spacial score (nSPS) is 13.1. The monoisotopic (exact) mass is 212 g/mol. The summed E-state index contributed by atoms with van der Waals surface area (Å²) in [5.41, 5.74) is 2.38. The van der Waals surface area contributed by atoms with Crippen molar-refractivity contribution in [2.45, 2.75) is 45.9 Å². The molecule has 0 aromatic carbocycles. The van der Waals surface area contributed by atoms with Gasteiger partial charge in [-0.05, 0) is 39.0 Å². The number of nitrogens with zero attached hydrogens (tertiary/aromatic N) is 2. The van der Waals surface area contributed by atoms with Crippen molar-refractivity contribution in [1.29, 1.82) is 0 Å². The first-order valence-corrected chi connectivity index (χ1v) is 6.34. The highest BCUT2D eigenvalue weighted by atomic mass is 32.2. The Labute approximate surface area is 91.1 Å². The van der Waals surface area contributed by atoms with Gasteiger partial charge in [-0.2, -0.15) is 5.10 Å². The minimum absolute atomic E-state index is 0.468. The quantitative estimate of drug-likeness (QED) is 0.695. The van der Waals surface area contributed by atoms with Gasteiger partial charge in [0.15, 0.2) is 0 Å². The van der Waals surface area contributed by atoms with E-state index in [-0.39, 0.29) is 0 Å². The van der Waals surface area contributed by atoms with Crippen LogP contribution in [0, 0.1) is 13.8 Å². The van der Waals surface area contributed by atoms with Gasteiger partial charge in [0.2, 0.25) is 0 Å². The molecule has 0 amide bonds. The Bertz CT molecular complexity index is 281. The molecular weight excluding hydrogens is 192 g/mol. The van der Waals surface area contributed by atoms with Gasteiger partial charge in [-0.25, -0.2) is 0 Å². The smallest absolute Gasteiger partial charge is 0.0945 e. The standard InChI is InChI=1S/C11H20N2S/c1-5-6-7-14-11(4)13-10(3)8-9(2)12-13/h8,11H,5-7H2,1-4H3. The predicted octanol–water partition coefficient (Wildman–Crippen LogP) is 3.55. The molecule has 2 nitrogen and oxygen atoms in total. The van der Waals surface area contributed by atoms with E-state index in [1.807, 2.05) is 18.7 Å². The fourth-order valence-corrected chi connectivity index (χ4v) is 2.63. The third-order valence-corrected chi connectivity index (χ3v) is 3.45. The summed E-state index contributed by atoms with van der Waals surface area (Å²) in [5.74, 6) is 1.23. The number of aryl methyl sites for hydroxylation is 2. The van der Waals surface area contributed by atoms with Crippen LogP contribution >= 0.6 is 11.8 Å². The first-order chi connectivity index (χ1) is 6.65. The van der Waals surface area contributed by atoms with Gasteiger partial charge >= 0.3 is 0 Å². The van der Waals surface area contributed by atoms with E-state index in [1.54, 1.807) is 0 Å². The molecule has 0 radical (unpaired) electrons. The molecule has 0 saturated carbocycles. The van der Waals surface area contributed by atoms with Gasteiger partial charge in [0.1, 0.15) is 0 Å². The highest BCUT2D eigenvalue weighted by Crippen LogP contribution is 2.24. The topological polar surface area (TPSA) is 17.8 Å². The third kappa shape index (κ3) is 3.05. The Morgan fingerprint density at radius 3 is 2.71 bits per heavy atom. The van der Waals surface area contributed by atoms with Gasteiger partial charge in [0.05, 0.1) is 11.1 Å². The maximum absolute atomic E-state index is 4.48. The maximum atomic E-state index is 4.48. The Morgan fingerprint density at radius 2 is 2.21 bits per heavy atom. The van der Waals surface area contributed by atoms with E-state index < -0.39 is 0 Å². The number of aromatic nitrogens is 2. The fraction of sp³-hybridized carbons (Fsp3) is 0.727. The van der Waals surface area contributed by atoms with Crippen molar-refractivity contribution < 1.29 is 0 Å². The molecule has 1 heterocycles. The van der Waals surface area contributed by atoms with Crippen LogP contribution in [0.5, 0.6) is 0 Å². The molecule has 0 saturated heterocycles. The Balaban J connectivity index is 2.51. The molecule has 0 aliphatic carbocycles. The molecule has 1 aromatic rings. The van der Waals surface area contributed by atoms with Crippen LogP contribution in [0.3, 0.4) is 0 Å². The minimum Gasteiger partial charge on any atom is -0.257 e. The molecule has 0 N–H and O–H groups in total. The second kappa shape index (κ2) is 5.44. The van der Waals surface area contributed by atoms with Crippen LogP contribution in [-0.2, 0) is 0 Å². The summed E-state index contributed by atoms with van der Waals surface area (Å²) in [6.45, 7) is 8.62. The van der Waals surface area contributed by atoms with Crippen LogP contribution in [0.2, 0.25) is 0 Å². The van der Waals surface area contributed by atoms with Crippen molar-refractivity contribution in [2.75, 3.05) is 5.75 Å². The zero-order valence-electron chi connectivity index (χ0n) is 9.58. The molecular formula is C11H20N2S. The average molecular weight is 212 g/mol. The van der Waals surface area contributed by atoms with E-state index in [2.05, 4.69) is 36.6 Å². The molecule has 80 valence electrons. The Morgan fingerprint density at radius 1 is 1.50 bits per heavy atom. The van der Waals surface area contributed by atoms with Crippen molar-refractivity contribution in [2.24, 2.45) is 0 Å². The molecule has 0 fully saturated rings.